The molecule has 2 amide bonds. The van der Waals surface area contributed by atoms with E-state index in [-0.39, 0.29) is 17.5 Å². The number of amides is 2. The topological polar surface area (TPSA) is 94.0 Å². The number of aryl methyl sites for hydroxylation is 2. The molecule has 1 atom stereocenters. The molecule has 6 nitrogen and oxygen atoms in total. The van der Waals surface area contributed by atoms with Crippen molar-refractivity contribution in [1.29, 1.82) is 5.26 Å². The van der Waals surface area contributed by atoms with Gasteiger partial charge in [-0.25, -0.2) is 0 Å². The average molecular weight is 368 g/mol. The summed E-state index contributed by atoms with van der Waals surface area (Å²) in [5.41, 5.74) is 3.94. The van der Waals surface area contributed by atoms with Crippen LogP contribution in [0.1, 0.15) is 55.3 Å². The van der Waals surface area contributed by atoms with Gasteiger partial charge in [0.15, 0.2) is 0 Å². The molecule has 0 heterocycles. The quantitative estimate of drug-likeness (QED) is 0.256. The molecule has 1 aromatic rings. The van der Waals surface area contributed by atoms with E-state index in [0.29, 0.717) is 25.9 Å². The molecule has 144 valence electrons. The molecular weight excluding hydrogens is 340 g/mol. The van der Waals surface area contributed by atoms with E-state index >= 15 is 0 Å². The average Bonchev–Trinajstić information content (AvgIpc) is 2.71. The lowest BCUT2D eigenvalue weighted by Gasteiger charge is -2.21. The van der Waals surface area contributed by atoms with Gasteiger partial charge in [-0.1, -0.05) is 25.1 Å². The molecule has 0 spiro atoms. The van der Waals surface area contributed by atoms with Crippen molar-refractivity contribution >= 4 is 12.3 Å². The highest BCUT2D eigenvalue weighted by molar-refractivity contribution is 5.97. The molecule has 1 unspecified atom stereocenters. The number of carbonyl (C=O) groups is 2. The van der Waals surface area contributed by atoms with Gasteiger partial charge in [-0.05, 0) is 55.2 Å². The first kappa shape index (κ1) is 20.5. The normalized spacial score (nSPS) is 14.4. The fourth-order valence-corrected chi connectivity index (χ4v) is 3.30. The van der Waals surface area contributed by atoms with Gasteiger partial charge in [0.1, 0.15) is 11.6 Å². The Labute approximate surface area is 161 Å². The van der Waals surface area contributed by atoms with Gasteiger partial charge in [-0.2, -0.15) is 5.26 Å². The molecule has 1 aliphatic rings. The van der Waals surface area contributed by atoms with Crippen LogP contribution in [0.3, 0.4) is 0 Å². The van der Waals surface area contributed by atoms with Crippen LogP contribution in [0.15, 0.2) is 30.0 Å². The lowest BCUT2D eigenvalue weighted by molar-refractivity contribution is -0.118. The van der Waals surface area contributed by atoms with E-state index in [9.17, 15) is 14.9 Å². The summed E-state index contributed by atoms with van der Waals surface area (Å²) >= 11 is 0. The zero-order chi connectivity index (χ0) is 19.5. The maximum absolute atomic E-state index is 12.5. The number of nitriles is 1. The number of hydrogen-bond donors (Lipinski definition) is 3. The predicted molar refractivity (Wildman–Crippen MR) is 105 cm³/mol. The SMILES string of the molecule is CCC(NC(=O)/C(C#N)=C\NCCCNC=O)c1ccc2c(c1)CCCC2. The van der Waals surface area contributed by atoms with E-state index < -0.39 is 0 Å². The van der Waals surface area contributed by atoms with Gasteiger partial charge in [0.2, 0.25) is 6.41 Å². The molecule has 0 bridgehead atoms. The summed E-state index contributed by atoms with van der Waals surface area (Å²) in [5.74, 6) is -0.374. The Hall–Kier alpha value is -2.81. The Morgan fingerprint density at radius 3 is 2.67 bits per heavy atom. The van der Waals surface area contributed by atoms with Crippen LogP contribution >= 0.6 is 0 Å². The van der Waals surface area contributed by atoms with E-state index in [0.717, 1.165) is 24.8 Å². The summed E-state index contributed by atoms with van der Waals surface area (Å²) in [6.07, 6.45) is 8.25. The van der Waals surface area contributed by atoms with Crippen LogP contribution in [-0.2, 0) is 22.4 Å². The lowest BCUT2D eigenvalue weighted by Crippen LogP contribution is -2.30. The summed E-state index contributed by atoms with van der Waals surface area (Å²) in [4.78, 5) is 22.6. The summed E-state index contributed by atoms with van der Waals surface area (Å²) in [5, 5.41) is 17.8. The van der Waals surface area contributed by atoms with Crippen molar-refractivity contribution in [3.05, 3.63) is 46.7 Å². The van der Waals surface area contributed by atoms with Crippen molar-refractivity contribution in [3.63, 3.8) is 0 Å². The maximum atomic E-state index is 12.5. The molecule has 27 heavy (non-hydrogen) atoms. The first-order chi connectivity index (χ1) is 13.2. The number of hydrogen-bond acceptors (Lipinski definition) is 4. The second kappa shape index (κ2) is 11.0. The van der Waals surface area contributed by atoms with Gasteiger partial charge >= 0.3 is 0 Å². The number of benzene rings is 1. The van der Waals surface area contributed by atoms with Gasteiger partial charge in [0.05, 0.1) is 6.04 Å². The third-order valence-electron chi connectivity index (χ3n) is 4.83. The van der Waals surface area contributed by atoms with E-state index in [1.54, 1.807) is 0 Å². The number of rotatable bonds is 10. The molecule has 6 heteroatoms. The van der Waals surface area contributed by atoms with Crippen LogP contribution in [-0.4, -0.2) is 25.4 Å². The van der Waals surface area contributed by atoms with Gasteiger partial charge in [-0.15, -0.1) is 0 Å². The lowest BCUT2D eigenvalue weighted by atomic mass is 9.88. The number of carbonyl (C=O) groups excluding carboxylic acids is 2. The highest BCUT2D eigenvalue weighted by Crippen LogP contribution is 2.26. The van der Waals surface area contributed by atoms with Crippen LogP contribution in [0.4, 0.5) is 0 Å². The molecule has 0 aromatic heterocycles. The Balaban J connectivity index is 1.96. The zero-order valence-electron chi connectivity index (χ0n) is 15.9. The molecule has 0 fully saturated rings. The highest BCUT2D eigenvalue weighted by Gasteiger charge is 2.18. The number of nitrogens with zero attached hydrogens (tertiary/aromatic N) is 1. The standard InChI is InChI=1S/C21H28N4O2/c1-2-20(18-9-8-16-6-3-4-7-17(16)12-18)25-21(27)19(13-22)14-23-10-5-11-24-15-26/h8-9,12,14-15,20,23H,2-7,10-11H2,1H3,(H,24,26)(H,25,27)/b19-14-. The molecule has 1 aliphatic carbocycles. The van der Waals surface area contributed by atoms with Crippen molar-refractivity contribution in [2.24, 2.45) is 0 Å². The monoisotopic (exact) mass is 368 g/mol. The zero-order valence-corrected chi connectivity index (χ0v) is 15.9. The molecule has 0 radical (unpaired) electrons. The van der Waals surface area contributed by atoms with Crippen molar-refractivity contribution < 1.29 is 9.59 Å². The first-order valence-electron chi connectivity index (χ1n) is 9.62. The summed E-state index contributed by atoms with van der Waals surface area (Å²) in [6.45, 7) is 3.15. The van der Waals surface area contributed by atoms with E-state index in [1.807, 2.05) is 13.0 Å². The molecule has 0 saturated heterocycles. The van der Waals surface area contributed by atoms with Crippen molar-refractivity contribution in [3.8, 4) is 6.07 Å². The highest BCUT2D eigenvalue weighted by atomic mass is 16.1. The maximum Gasteiger partial charge on any atom is 0.263 e. The Kier molecular flexibility index (Phi) is 8.37. The van der Waals surface area contributed by atoms with E-state index in [4.69, 9.17) is 0 Å². The predicted octanol–water partition coefficient (Wildman–Crippen LogP) is 2.27. The third kappa shape index (κ3) is 6.14. The van der Waals surface area contributed by atoms with E-state index in [2.05, 4.69) is 34.1 Å². The number of fused-ring (bicyclic) bond motifs is 1. The second-order valence-corrected chi connectivity index (χ2v) is 6.72. The minimum atomic E-state index is -0.374. The summed E-state index contributed by atoms with van der Waals surface area (Å²) in [7, 11) is 0. The molecule has 2 rings (SSSR count). The Morgan fingerprint density at radius 1 is 1.22 bits per heavy atom. The van der Waals surface area contributed by atoms with Gasteiger partial charge in [-0.3, -0.25) is 9.59 Å². The first-order valence-corrected chi connectivity index (χ1v) is 9.62. The van der Waals surface area contributed by atoms with Crippen LogP contribution in [0.5, 0.6) is 0 Å². The van der Waals surface area contributed by atoms with E-state index in [1.165, 1.54) is 30.2 Å². The van der Waals surface area contributed by atoms with Crippen molar-refractivity contribution in [1.82, 2.24) is 16.0 Å². The molecule has 1 aromatic carbocycles. The van der Waals surface area contributed by atoms with Gasteiger partial charge < -0.3 is 16.0 Å². The molecular formula is C21H28N4O2. The summed E-state index contributed by atoms with van der Waals surface area (Å²) < 4.78 is 0. The van der Waals surface area contributed by atoms with Crippen LogP contribution < -0.4 is 16.0 Å². The summed E-state index contributed by atoms with van der Waals surface area (Å²) in [6, 6.07) is 8.31. The van der Waals surface area contributed by atoms with Crippen LogP contribution in [0.25, 0.3) is 0 Å². The fourth-order valence-electron chi connectivity index (χ4n) is 3.30. The molecule has 3 N–H and O–H groups in total. The Bertz CT molecular complexity index is 721. The van der Waals surface area contributed by atoms with Crippen molar-refractivity contribution in [2.75, 3.05) is 13.1 Å². The van der Waals surface area contributed by atoms with Gasteiger partial charge in [0, 0.05) is 19.3 Å². The molecule has 0 aliphatic heterocycles. The van der Waals surface area contributed by atoms with Crippen LogP contribution in [0.2, 0.25) is 0 Å². The smallest absolute Gasteiger partial charge is 0.263 e. The van der Waals surface area contributed by atoms with Crippen molar-refractivity contribution in [2.45, 2.75) is 51.5 Å². The largest absolute Gasteiger partial charge is 0.390 e. The fraction of sp³-hybridized carbons (Fsp3) is 0.476. The third-order valence-corrected chi connectivity index (χ3v) is 4.83. The minimum absolute atomic E-state index is 0.0507. The number of nitrogens with one attached hydrogen (secondary N) is 3. The van der Waals surface area contributed by atoms with Gasteiger partial charge in [0.25, 0.3) is 5.91 Å². The Morgan fingerprint density at radius 2 is 1.96 bits per heavy atom. The minimum Gasteiger partial charge on any atom is -0.390 e. The second-order valence-electron chi connectivity index (χ2n) is 6.72. The molecule has 0 saturated carbocycles. The van der Waals surface area contributed by atoms with Crippen LogP contribution in [0, 0.1) is 11.3 Å².